The van der Waals surface area contributed by atoms with E-state index in [2.05, 4.69) is 48.5 Å². The molecule has 0 aromatic heterocycles. The summed E-state index contributed by atoms with van der Waals surface area (Å²) < 4.78 is 0. The number of hydrogen-bond acceptors (Lipinski definition) is 2. The lowest BCUT2D eigenvalue weighted by atomic mass is 9.95. The predicted molar refractivity (Wildman–Crippen MR) is 152 cm³/mol. The lowest BCUT2D eigenvalue weighted by Gasteiger charge is -2.12. The number of benzene rings is 4. The fourth-order valence-corrected chi connectivity index (χ4v) is 5.04. The number of phenolic OH excluding ortho intramolecular Hbond substituents is 2. The van der Waals surface area contributed by atoms with Crippen LogP contribution in [0.1, 0.15) is 60.8 Å². The van der Waals surface area contributed by atoms with Crippen molar-refractivity contribution >= 4 is 0 Å². The molecule has 0 aliphatic carbocycles. The summed E-state index contributed by atoms with van der Waals surface area (Å²) in [7, 11) is 0. The number of phenols is 2. The highest BCUT2D eigenvalue weighted by atomic mass is 16.3. The lowest BCUT2D eigenvalue weighted by molar-refractivity contribution is 0.472. The molecule has 4 aromatic rings. The Kier molecular flexibility index (Phi) is 8.84. The lowest BCUT2D eigenvalue weighted by Crippen LogP contribution is -1.92. The van der Waals surface area contributed by atoms with E-state index in [1.165, 1.54) is 49.7 Å². The van der Waals surface area contributed by atoms with E-state index in [-0.39, 0.29) is 0 Å². The minimum atomic E-state index is 0.393. The van der Waals surface area contributed by atoms with E-state index in [1.54, 1.807) is 0 Å². The smallest absolute Gasteiger partial charge is 0.126 e. The van der Waals surface area contributed by atoms with Crippen molar-refractivity contribution in [3.8, 4) is 33.8 Å². The third-order valence-corrected chi connectivity index (χ3v) is 7.07. The Hall–Kier alpha value is -3.52. The predicted octanol–water partition coefficient (Wildman–Crippen LogP) is 9.17. The van der Waals surface area contributed by atoms with Gasteiger partial charge >= 0.3 is 0 Å². The molecule has 0 atom stereocenters. The number of aryl methyl sites for hydroxylation is 4. The minimum Gasteiger partial charge on any atom is -0.507 e. The molecule has 4 rings (SSSR count). The van der Waals surface area contributed by atoms with Gasteiger partial charge in [0, 0.05) is 11.1 Å². The van der Waals surface area contributed by atoms with E-state index >= 15 is 0 Å². The third kappa shape index (κ3) is 6.57. The van der Waals surface area contributed by atoms with Gasteiger partial charge in [0.15, 0.2) is 0 Å². The standard InChI is InChI=1S/C34H38O2/c1-25-21-27(23-31(33(25)35)29-17-11-7-12-18-29)15-9-5-3-4-6-10-16-28-22-26(2)34(36)32(24-28)30-19-13-8-14-20-30/h7-8,11-14,17-24,35-36H,3-6,9-10,15-16H2,1-2H3. The highest BCUT2D eigenvalue weighted by Gasteiger charge is 2.10. The zero-order chi connectivity index (χ0) is 25.3. The van der Waals surface area contributed by atoms with Gasteiger partial charge in [-0.2, -0.15) is 0 Å². The zero-order valence-corrected chi connectivity index (χ0v) is 21.6. The fraction of sp³-hybridized carbons (Fsp3) is 0.294. The first-order valence-corrected chi connectivity index (χ1v) is 13.3. The molecular weight excluding hydrogens is 440 g/mol. The molecule has 2 heteroatoms. The van der Waals surface area contributed by atoms with Crippen molar-refractivity contribution in [1.82, 2.24) is 0 Å². The second-order valence-electron chi connectivity index (χ2n) is 9.97. The number of aromatic hydroxyl groups is 2. The van der Waals surface area contributed by atoms with Crippen molar-refractivity contribution in [2.45, 2.75) is 65.2 Å². The molecule has 0 heterocycles. The van der Waals surface area contributed by atoms with E-state index in [9.17, 15) is 10.2 Å². The van der Waals surface area contributed by atoms with Crippen molar-refractivity contribution < 1.29 is 10.2 Å². The maximum absolute atomic E-state index is 10.5. The van der Waals surface area contributed by atoms with E-state index in [4.69, 9.17) is 0 Å². The second kappa shape index (κ2) is 12.4. The third-order valence-electron chi connectivity index (χ3n) is 7.07. The molecule has 2 nitrogen and oxygen atoms in total. The highest BCUT2D eigenvalue weighted by molar-refractivity contribution is 5.73. The molecule has 36 heavy (non-hydrogen) atoms. The van der Waals surface area contributed by atoms with Crippen LogP contribution in [0.15, 0.2) is 84.9 Å². The summed E-state index contributed by atoms with van der Waals surface area (Å²) >= 11 is 0. The van der Waals surface area contributed by atoms with E-state index < -0.39 is 0 Å². The molecule has 0 saturated heterocycles. The Balaban J connectivity index is 1.21. The molecule has 0 spiro atoms. The van der Waals surface area contributed by atoms with Crippen LogP contribution >= 0.6 is 0 Å². The zero-order valence-electron chi connectivity index (χ0n) is 21.6. The molecule has 0 aliphatic rings. The summed E-state index contributed by atoms with van der Waals surface area (Å²) in [6.07, 6.45) is 9.44. The van der Waals surface area contributed by atoms with Crippen LogP contribution in [0, 0.1) is 13.8 Å². The van der Waals surface area contributed by atoms with Crippen LogP contribution in [0.2, 0.25) is 0 Å². The van der Waals surface area contributed by atoms with Crippen LogP contribution in [-0.4, -0.2) is 10.2 Å². The fourth-order valence-electron chi connectivity index (χ4n) is 5.04. The molecule has 0 radical (unpaired) electrons. The average molecular weight is 479 g/mol. The van der Waals surface area contributed by atoms with Gasteiger partial charge in [-0.15, -0.1) is 0 Å². The summed E-state index contributed by atoms with van der Waals surface area (Å²) in [6, 6.07) is 28.9. The van der Waals surface area contributed by atoms with Gasteiger partial charge in [0.05, 0.1) is 0 Å². The first-order chi connectivity index (χ1) is 17.5. The molecule has 186 valence electrons. The topological polar surface area (TPSA) is 40.5 Å². The van der Waals surface area contributed by atoms with Crippen LogP contribution < -0.4 is 0 Å². The van der Waals surface area contributed by atoms with Crippen LogP contribution in [0.3, 0.4) is 0 Å². The van der Waals surface area contributed by atoms with E-state index in [1.807, 2.05) is 50.2 Å². The first-order valence-electron chi connectivity index (χ1n) is 13.3. The van der Waals surface area contributed by atoms with Crippen LogP contribution in [0.25, 0.3) is 22.3 Å². The summed E-state index contributed by atoms with van der Waals surface area (Å²) in [5.74, 6) is 0.786. The van der Waals surface area contributed by atoms with Crippen molar-refractivity contribution in [3.63, 3.8) is 0 Å². The Morgan fingerprint density at radius 1 is 0.472 bits per heavy atom. The van der Waals surface area contributed by atoms with Gasteiger partial charge in [-0.25, -0.2) is 0 Å². The van der Waals surface area contributed by atoms with Gasteiger partial charge < -0.3 is 10.2 Å². The minimum absolute atomic E-state index is 0.393. The summed E-state index contributed by atoms with van der Waals surface area (Å²) in [5, 5.41) is 21.1. The maximum atomic E-state index is 10.5. The molecule has 0 unspecified atom stereocenters. The highest BCUT2D eigenvalue weighted by Crippen LogP contribution is 2.35. The van der Waals surface area contributed by atoms with Crippen molar-refractivity contribution in [1.29, 1.82) is 0 Å². The van der Waals surface area contributed by atoms with Gasteiger partial charge in [0.1, 0.15) is 11.5 Å². The van der Waals surface area contributed by atoms with Gasteiger partial charge in [-0.1, -0.05) is 98.5 Å². The van der Waals surface area contributed by atoms with Gasteiger partial charge in [0.2, 0.25) is 0 Å². The molecular formula is C34H38O2. The SMILES string of the molecule is Cc1cc(CCCCCCCCc2cc(C)c(O)c(-c3ccccc3)c2)cc(-c2ccccc2)c1O. The molecule has 0 amide bonds. The largest absolute Gasteiger partial charge is 0.507 e. The number of hydrogen-bond donors (Lipinski definition) is 2. The number of rotatable bonds is 11. The average Bonchev–Trinajstić information content (AvgIpc) is 2.90. The monoisotopic (exact) mass is 478 g/mol. The normalized spacial score (nSPS) is 11.1. The van der Waals surface area contributed by atoms with Crippen molar-refractivity contribution in [2.75, 3.05) is 0 Å². The second-order valence-corrected chi connectivity index (χ2v) is 9.97. The summed E-state index contributed by atoms with van der Waals surface area (Å²) in [6.45, 7) is 3.98. The first kappa shape index (κ1) is 25.6. The maximum Gasteiger partial charge on any atom is 0.126 e. The summed E-state index contributed by atoms with van der Waals surface area (Å²) in [4.78, 5) is 0. The molecule has 2 N–H and O–H groups in total. The molecule has 4 aromatic carbocycles. The van der Waals surface area contributed by atoms with Crippen LogP contribution in [0.5, 0.6) is 11.5 Å². The van der Waals surface area contributed by atoms with Crippen LogP contribution in [0.4, 0.5) is 0 Å². The molecule has 0 fully saturated rings. The van der Waals surface area contributed by atoms with Gasteiger partial charge in [0.25, 0.3) is 0 Å². The Bertz CT molecular complexity index is 1160. The van der Waals surface area contributed by atoms with E-state index in [0.717, 1.165) is 46.2 Å². The Morgan fingerprint density at radius 2 is 0.833 bits per heavy atom. The Morgan fingerprint density at radius 3 is 1.22 bits per heavy atom. The van der Waals surface area contributed by atoms with Crippen LogP contribution in [-0.2, 0) is 12.8 Å². The van der Waals surface area contributed by atoms with Gasteiger partial charge in [-0.05, 0) is 85.0 Å². The Labute approximate surface area is 216 Å². The van der Waals surface area contributed by atoms with Crippen molar-refractivity contribution in [3.05, 3.63) is 107 Å². The molecule has 0 aliphatic heterocycles. The molecule has 0 saturated carbocycles. The number of unbranched alkanes of at least 4 members (excludes halogenated alkanes) is 5. The van der Waals surface area contributed by atoms with Gasteiger partial charge in [-0.3, -0.25) is 0 Å². The summed E-state index contributed by atoms with van der Waals surface area (Å²) in [5.41, 5.74) is 8.52. The molecule has 0 bridgehead atoms. The van der Waals surface area contributed by atoms with E-state index in [0.29, 0.717) is 11.5 Å². The quantitative estimate of drug-likeness (QED) is 0.211. The van der Waals surface area contributed by atoms with Crippen molar-refractivity contribution in [2.24, 2.45) is 0 Å².